The normalized spacial score (nSPS) is 12.3. The Balaban J connectivity index is 2.24. The molecule has 0 aromatic heterocycles. The number of hydrogen-bond acceptors (Lipinski definition) is 2. The van der Waals surface area contributed by atoms with Crippen molar-refractivity contribution in [2.45, 2.75) is 24.3 Å². The van der Waals surface area contributed by atoms with Crippen LogP contribution in [0.5, 0.6) is 0 Å². The van der Waals surface area contributed by atoms with Gasteiger partial charge in [0, 0.05) is 14.5 Å². The van der Waals surface area contributed by atoms with Crippen LogP contribution in [0, 0.1) is 3.57 Å². The van der Waals surface area contributed by atoms with Crippen LogP contribution in [0.3, 0.4) is 0 Å². The molecule has 20 heavy (non-hydrogen) atoms. The van der Waals surface area contributed by atoms with Crippen molar-refractivity contribution in [2.24, 2.45) is 0 Å². The predicted molar refractivity (Wildman–Crippen MR) is 97.5 cm³/mol. The Morgan fingerprint density at radius 3 is 2.45 bits per heavy atom. The molecule has 0 radical (unpaired) electrons. The minimum atomic E-state index is 0.378. The van der Waals surface area contributed by atoms with Crippen molar-refractivity contribution >= 4 is 34.4 Å². The van der Waals surface area contributed by atoms with E-state index in [4.69, 9.17) is 0 Å². The molecule has 1 N–H and O–H groups in total. The summed E-state index contributed by atoms with van der Waals surface area (Å²) in [6.07, 6.45) is 3.18. The summed E-state index contributed by atoms with van der Waals surface area (Å²) >= 11 is 4.17. The highest BCUT2D eigenvalue weighted by Gasteiger charge is 2.14. The van der Waals surface area contributed by atoms with Crippen molar-refractivity contribution < 1.29 is 0 Å². The average molecular weight is 397 g/mol. The van der Waals surface area contributed by atoms with Crippen molar-refractivity contribution in [3.63, 3.8) is 0 Å². The van der Waals surface area contributed by atoms with Gasteiger partial charge in [-0.05, 0) is 71.1 Å². The molecule has 0 aliphatic rings. The summed E-state index contributed by atoms with van der Waals surface area (Å²) in [7, 11) is 0. The fraction of sp³-hybridized carbons (Fsp3) is 0.294. The molecule has 0 spiro atoms. The van der Waals surface area contributed by atoms with Crippen molar-refractivity contribution in [3.8, 4) is 0 Å². The van der Waals surface area contributed by atoms with Crippen LogP contribution in [0.15, 0.2) is 53.4 Å². The van der Waals surface area contributed by atoms with Gasteiger partial charge in [0.2, 0.25) is 0 Å². The lowest BCUT2D eigenvalue weighted by Crippen LogP contribution is -2.23. The molecule has 2 aromatic carbocycles. The molecule has 0 amide bonds. The second-order valence-electron chi connectivity index (χ2n) is 4.68. The summed E-state index contributed by atoms with van der Waals surface area (Å²) in [5.41, 5.74) is 2.78. The van der Waals surface area contributed by atoms with Gasteiger partial charge in [-0.2, -0.15) is 0 Å². The first kappa shape index (κ1) is 15.9. The topological polar surface area (TPSA) is 12.0 Å². The van der Waals surface area contributed by atoms with Crippen LogP contribution in [0.1, 0.15) is 24.1 Å². The van der Waals surface area contributed by atoms with Gasteiger partial charge < -0.3 is 5.32 Å². The Bertz CT molecular complexity index is 539. The summed E-state index contributed by atoms with van der Waals surface area (Å²) in [6.45, 7) is 3.15. The predicted octanol–water partition coefficient (Wildman–Crippen LogP) is 4.91. The van der Waals surface area contributed by atoms with E-state index in [0.29, 0.717) is 6.04 Å². The maximum atomic E-state index is 3.62. The van der Waals surface area contributed by atoms with Crippen LogP contribution in [-0.4, -0.2) is 12.8 Å². The largest absolute Gasteiger partial charge is 0.310 e. The third-order valence-electron chi connectivity index (χ3n) is 3.32. The number of hydrogen-bond donors (Lipinski definition) is 1. The fourth-order valence-electron chi connectivity index (χ4n) is 2.35. The van der Waals surface area contributed by atoms with Crippen LogP contribution in [0.4, 0.5) is 0 Å². The summed E-state index contributed by atoms with van der Waals surface area (Å²) in [5.74, 6) is 0. The Kier molecular flexibility index (Phi) is 6.39. The fourth-order valence-corrected chi connectivity index (χ4v) is 3.37. The van der Waals surface area contributed by atoms with Crippen molar-refractivity contribution in [3.05, 3.63) is 63.2 Å². The minimum Gasteiger partial charge on any atom is -0.310 e. The van der Waals surface area contributed by atoms with Crippen molar-refractivity contribution in [2.75, 3.05) is 12.8 Å². The molecule has 0 aliphatic carbocycles. The summed E-state index contributed by atoms with van der Waals surface area (Å²) in [5, 5.41) is 3.62. The van der Waals surface area contributed by atoms with Crippen molar-refractivity contribution in [1.82, 2.24) is 5.32 Å². The van der Waals surface area contributed by atoms with E-state index in [1.54, 1.807) is 0 Å². The van der Waals surface area contributed by atoms with Gasteiger partial charge in [0.25, 0.3) is 0 Å². The van der Waals surface area contributed by atoms with Gasteiger partial charge in [0.15, 0.2) is 0 Å². The number of benzene rings is 2. The molecule has 0 fully saturated rings. The maximum Gasteiger partial charge on any atom is 0.0371 e. The molecule has 1 unspecified atom stereocenters. The molecule has 0 heterocycles. The molecule has 0 aliphatic heterocycles. The molecule has 0 bridgehead atoms. The van der Waals surface area contributed by atoms with Crippen molar-refractivity contribution in [1.29, 1.82) is 0 Å². The molecule has 3 heteroatoms. The summed E-state index contributed by atoms with van der Waals surface area (Å²) in [4.78, 5) is 1.36. The summed E-state index contributed by atoms with van der Waals surface area (Å²) < 4.78 is 1.29. The van der Waals surface area contributed by atoms with Crippen LogP contribution >= 0.6 is 34.4 Å². The average Bonchev–Trinajstić information content (AvgIpc) is 2.49. The minimum absolute atomic E-state index is 0.378. The first-order chi connectivity index (χ1) is 9.74. The highest BCUT2D eigenvalue weighted by atomic mass is 127. The van der Waals surface area contributed by atoms with Gasteiger partial charge in [0.1, 0.15) is 0 Å². The quantitative estimate of drug-likeness (QED) is 0.549. The number of halogens is 1. The smallest absolute Gasteiger partial charge is 0.0371 e. The molecule has 2 rings (SSSR count). The molecule has 2 aromatic rings. The second kappa shape index (κ2) is 8.05. The van der Waals surface area contributed by atoms with E-state index in [2.05, 4.69) is 89.6 Å². The first-order valence-electron chi connectivity index (χ1n) is 6.85. The zero-order valence-corrected chi connectivity index (χ0v) is 14.9. The van der Waals surface area contributed by atoms with Crippen LogP contribution in [-0.2, 0) is 6.42 Å². The Hall–Kier alpha value is -0.520. The van der Waals surface area contributed by atoms with Gasteiger partial charge >= 0.3 is 0 Å². The lowest BCUT2D eigenvalue weighted by Gasteiger charge is -2.21. The molecular formula is C17H20INS. The van der Waals surface area contributed by atoms with Gasteiger partial charge in [0.05, 0.1) is 0 Å². The van der Waals surface area contributed by atoms with E-state index in [1.807, 2.05) is 11.8 Å². The highest BCUT2D eigenvalue weighted by molar-refractivity contribution is 14.1. The Morgan fingerprint density at radius 1 is 1.10 bits per heavy atom. The zero-order valence-electron chi connectivity index (χ0n) is 11.9. The van der Waals surface area contributed by atoms with Gasteiger partial charge in [-0.25, -0.2) is 0 Å². The van der Waals surface area contributed by atoms with Crippen LogP contribution in [0.25, 0.3) is 0 Å². The van der Waals surface area contributed by atoms with E-state index >= 15 is 0 Å². The number of rotatable bonds is 6. The lowest BCUT2D eigenvalue weighted by molar-refractivity contribution is 0.542. The Morgan fingerprint density at radius 2 is 1.80 bits per heavy atom. The zero-order chi connectivity index (χ0) is 14.4. The molecule has 106 valence electrons. The SMILES string of the molecule is CCNC(Cc1ccc(I)cc1)c1ccccc1SC. The summed E-state index contributed by atoms with van der Waals surface area (Å²) in [6, 6.07) is 17.9. The van der Waals surface area contributed by atoms with Gasteiger partial charge in [-0.3, -0.25) is 0 Å². The van der Waals surface area contributed by atoms with E-state index in [0.717, 1.165) is 13.0 Å². The second-order valence-corrected chi connectivity index (χ2v) is 6.78. The first-order valence-corrected chi connectivity index (χ1v) is 9.15. The van der Waals surface area contributed by atoms with E-state index in [9.17, 15) is 0 Å². The third kappa shape index (κ3) is 4.24. The van der Waals surface area contributed by atoms with Crippen LogP contribution < -0.4 is 5.32 Å². The molecule has 0 saturated heterocycles. The van der Waals surface area contributed by atoms with E-state index in [-0.39, 0.29) is 0 Å². The monoisotopic (exact) mass is 397 g/mol. The molecule has 1 nitrogen and oxygen atoms in total. The van der Waals surface area contributed by atoms with E-state index in [1.165, 1.54) is 19.6 Å². The van der Waals surface area contributed by atoms with E-state index < -0.39 is 0 Å². The molecule has 1 atom stereocenters. The molecular weight excluding hydrogens is 377 g/mol. The lowest BCUT2D eigenvalue weighted by atomic mass is 9.99. The highest BCUT2D eigenvalue weighted by Crippen LogP contribution is 2.28. The van der Waals surface area contributed by atoms with Gasteiger partial charge in [-0.1, -0.05) is 37.3 Å². The number of nitrogens with one attached hydrogen (secondary N) is 1. The van der Waals surface area contributed by atoms with Gasteiger partial charge in [-0.15, -0.1) is 11.8 Å². The Labute approximate surface area is 139 Å². The molecule has 0 saturated carbocycles. The maximum absolute atomic E-state index is 3.62. The standard InChI is InChI=1S/C17H20INS/c1-3-19-16(12-13-8-10-14(18)11-9-13)15-6-4-5-7-17(15)20-2/h4-11,16,19H,3,12H2,1-2H3. The number of thioether (sulfide) groups is 1. The third-order valence-corrected chi connectivity index (χ3v) is 4.85. The van der Waals surface area contributed by atoms with Crippen LogP contribution in [0.2, 0.25) is 0 Å². The number of likely N-dealkylation sites (N-methyl/N-ethyl adjacent to an activating group) is 1.